The molecule has 1 aromatic rings. The van der Waals surface area contributed by atoms with Crippen molar-refractivity contribution in [3.8, 4) is 0 Å². The fourth-order valence-electron chi connectivity index (χ4n) is 4.02. The van der Waals surface area contributed by atoms with Gasteiger partial charge < -0.3 is 44.9 Å². The van der Waals surface area contributed by atoms with Gasteiger partial charge in [0, 0.05) is 50.5 Å². The van der Waals surface area contributed by atoms with Crippen molar-refractivity contribution >= 4 is 30.0 Å². The quantitative estimate of drug-likeness (QED) is 0.109. The number of methoxy groups -OCH3 is 2. The monoisotopic (exact) mass is 582 g/mol. The Morgan fingerprint density at radius 3 is 2.20 bits per heavy atom. The maximum atomic E-state index is 13.9. The molecule has 0 aliphatic rings. The molecule has 1 aromatic carbocycles. The Balaban J connectivity index is 3.15. The molecule has 0 aliphatic carbocycles. The molecule has 1 rings (SSSR count). The molecule has 0 saturated heterocycles. The molecule has 41 heavy (non-hydrogen) atoms. The van der Waals surface area contributed by atoms with Gasteiger partial charge in [0.1, 0.15) is 6.04 Å². The third kappa shape index (κ3) is 13.3. The van der Waals surface area contributed by atoms with Crippen LogP contribution in [0.1, 0.15) is 50.5 Å². The fourth-order valence-corrected chi connectivity index (χ4v) is 4.02. The minimum Gasteiger partial charge on any atom is -0.465 e. The van der Waals surface area contributed by atoms with E-state index >= 15 is 0 Å². The number of carbonyl (C=O) groups is 4. The number of hydrogen-bond donors (Lipinski definition) is 4. The molecule has 0 saturated carbocycles. The second-order valence-corrected chi connectivity index (χ2v) is 10.6. The highest BCUT2D eigenvalue weighted by molar-refractivity contribution is 5.99. The SMILES string of the molecule is COC(Cc1ccc(C(=O)N(CCOCCOCCNC(=O)O)C(C(=O)NC(C)(C)C)C(C)C)cc1NC=O)OC. The number of carboxylic acid groups (broad SMARTS) is 1. The fraction of sp³-hybridized carbons (Fsp3) is 0.643. The second-order valence-electron chi connectivity index (χ2n) is 10.6. The lowest BCUT2D eigenvalue weighted by Gasteiger charge is -2.35. The minimum absolute atomic E-state index is 0.118. The average Bonchev–Trinajstić information content (AvgIpc) is 2.88. The summed E-state index contributed by atoms with van der Waals surface area (Å²) < 4.78 is 21.5. The first-order chi connectivity index (χ1) is 19.3. The molecule has 13 heteroatoms. The lowest BCUT2D eigenvalue weighted by Crippen LogP contribution is -2.56. The van der Waals surface area contributed by atoms with Crippen molar-refractivity contribution in [2.45, 2.75) is 58.9 Å². The van der Waals surface area contributed by atoms with Crippen molar-refractivity contribution < 1.29 is 43.2 Å². The summed E-state index contributed by atoms with van der Waals surface area (Å²) in [5, 5.41) is 16.4. The number of carbonyl (C=O) groups excluding carboxylic acids is 3. The zero-order chi connectivity index (χ0) is 31.0. The van der Waals surface area contributed by atoms with E-state index in [0.717, 1.165) is 0 Å². The highest BCUT2D eigenvalue weighted by Gasteiger charge is 2.34. The van der Waals surface area contributed by atoms with Gasteiger partial charge >= 0.3 is 6.09 Å². The largest absolute Gasteiger partial charge is 0.465 e. The summed E-state index contributed by atoms with van der Waals surface area (Å²) in [4.78, 5) is 50.6. The number of hydrogen-bond acceptors (Lipinski definition) is 8. The number of anilines is 1. The van der Waals surface area contributed by atoms with Crippen LogP contribution >= 0.6 is 0 Å². The van der Waals surface area contributed by atoms with Gasteiger partial charge in [-0.25, -0.2) is 4.79 Å². The third-order valence-electron chi connectivity index (χ3n) is 5.85. The summed E-state index contributed by atoms with van der Waals surface area (Å²) in [6.07, 6.45) is -0.795. The lowest BCUT2D eigenvalue weighted by molar-refractivity contribution is -0.128. The van der Waals surface area contributed by atoms with Gasteiger partial charge in [-0.3, -0.25) is 14.4 Å². The van der Waals surface area contributed by atoms with Crippen LogP contribution in [0.4, 0.5) is 10.5 Å². The average molecular weight is 583 g/mol. The molecule has 0 radical (unpaired) electrons. The predicted octanol–water partition coefficient (Wildman–Crippen LogP) is 2.10. The molecule has 0 fully saturated rings. The van der Waals surface area contributed by atoms with Crippen molar-refractivity contribution in [1.82, 2.24) is 15.5 Å². The molecule has 13 nitrogen and oxygen atoms in total. The first-order valence-electron chi connectivity index (χ1n) is 13.5. The van der Waals surface area contributed by atoms with E-state index in [1.807, 2.05) is 34.6 Å². The van der Waals surface area contributed by atoms with E-state index in [1.165, 1.54) is 19.1 Å². The standard InChI is InChI=1S/C28H46N4O9/c1-19(2)24(25(34)31-28(3,4)5)32(11-13-41-15-14-40-12-10-29-27(36)37)26(35)21-9-8-20(17-23(38-6)39-7)22(16-21)30-18-33/h8-9,16,18-19,23-24,29H,10-15,17H2,1-7H3,(H,30,33)(H,31,34)(H,36,37). The van der Waals surface area contributed by atoms with Gasteiger partial charge in [0.2, 0.25) is 12.3 Å². The number of benzene rings is 1. The van der Waals surface area contributed by atoms with E-state index < -0.39 is 29.9 Å². The molecule has 1 atom stereocenters. The maximum Gasteiger partial charge on any atom is 0.404 e. The number of amides is 4. The van der Waals surface area contributed by atoms with Gasteiger partial charge in [0.15, 0.2) is 6.29 Å². The van der Waals surface area contributed by atoms with E-state index in [2.05, 4.69) is 16.0 Å². The summed E-state index contributed by atoms with van der Waals surface area (Å²) in [6, 6.07) is 4.13. The minimum atomic E-state index is -1.12. The predicted molar refractivity (Wildman–Crippen MR) is 153 cm³/mol. The van der Waals surface area contributed by atoms with Crippen LogP contribution in [0.2, 0.25) is 0 Å². The van der Waals surface area contributed by atoms with Crippen LogP contribution < -0.4 is 16.0 Å². The zero-order valence-corrected chi connectivity index (χ0v) is 25.2. The van der Waals surface area contributed by atoms with Crippen molar-refractivity contribution in [2.24, 2.45) is 5.92 Å². The molecule has 0 spiro atoms. The van der Waals surface area contributed by atoms with Gasteiger partial charge in [-0.15, -0.1) is 0 Å². The molecule has 232 valence electrons. The number of ether oxygens (including phenoxy) is 4. The normalized spacial score (nSPS) is 12.2. The molecule has 4 N–H and O–H groups in total. The Morgan fingerprint density at radius 2 is 1.66 bits per heavy atom. The van der Waals surface area contributed by atoms with Crippen LogP contribution in [0, 0.1) is 5.92 Å². The van der Waals surface area contributed by atoms with Gasteiger partial charge in [0.05, 0.1) is 26.4 Å². The smallest absolute Gasteiger partial charge is 0.404 e. The Bertz CT molecular complexity index is 978. The first-order valence-corrected chi connectivity index (χ1v) is 13.5. The van der Waals surface area contributed by atoms with Crippen LogP contribution in [-0.2, 0) is 35.0 Å². The lowest BCUT2D eigenvalue weighted by atomic mass is 9.97. The van der Waals surface area contributed by atoms with E-state index in [-0.39, 0.29) is 56.9 Å². The van der Waals surface area contributed by atoms with Crippen LogP contribution in [0.3, 0.4) is 0 Å². The topological polar surface area (TPSA) is 165 Å². The van der Waals surface area contributed by atoms with Crippen LogP contribution in [-0.4, -0.2) is 106 Å². The van der Waals surface area contributed by atoms with Crippen molar-refractivity contribution in [2.75, 3.05) is 59.1 Å². The summed E-state index contributed by atoms with van der Waals surface area (Å²) >= 11 is 0. The van der Waals surface area contributed by atoms with E-state index in [1.54, 1.807) is 18.2 Å². The summed E-state index contributed by atoms with van der Waals surface area (Å²) in [7, 11) is 3.02. The van der Waals surface area contributed by atoms with Gasteiger partial charge in [0.25, 0.3) is 5.91 Å². The molecular weight excluding hydrogens is 536 g/mol. The zero-order valence-electron chi connectivity index (χ0n) is 25.2. The summed E-state index contributed by atoms with van der Waals surface area (Å²) in [6.45, 7) is 10.4. The van der Waals surface area contributed by atoms with Crippen LogP contribution in [0.5, 0.6) is 0 Å². The van der Waals surface area contributed by atoms with E-state index in [0.29, 0.717) is 24.1 Å². The van der Waals surface area contributed by atoms with Gasteiger partial charge in [-0.2, -0.15) is 0 Å². The maximum absolute atomic E-state index is 13.9. The Labute approximate surface area is 242 Å². The number of nitrogens with zero attached hydrogens (tertiary/aromatic N) is 1. The summed E-state index contributed by atoms with van der Waals surface area (Å²) in [5.74, 6) is -0.911. The highest BCUT2D eigenvalue weighted by atomic mass is 16.7. The van der Waals surface area contributed by atoms with E-state index in [4.69, 9.17) is 24.1 Å². The second kappa shape index (κ2) is 18.2. The number of rotatable bonds is 19. The van der Waals surface area contributed by atoms with Crippen LogP contribution in [0.25, 0.3) is 0 Å². The number of nitrogens with one attached hydrogen (secondary N) is 3. The molecule has 0 aromatic heterocycles. The molecular formula is C28H46N4O9. The molecule has 0 bridgehead atoms. The highest BCUT2D eigenvalue weighted by Crippen LogP contribution is 2.23. The van der Waals surface area contributed by atoms with Crippen molar-refractivity contribution in [1.29, 1.82) is 0 Å². The van der Waals surface area contributed by atoms with Crippen molar-refractivity contribution in [3.05, 3.63) is 29.3 Å². The molecule has 4 amide bonds. The Hall–Kier alpha value is -3.26. The molecule has 0 aliphatic heterocycles. The molecule has 0 heterocycles. The Kier molecular flexibility index (Phi) is 15.9. The van der Waals surface area contributed by atoms with E-state index in [9.17, 15) is 19.2 Å². The Morgan fingerprint density at radius 1 is 1.02 bits per heavy atom. The van der Waals surface area contributed by atoms with Gasteiger partial charge in [-0.05, 0) is 44.4 Å². The van der Waals surface area contributed by atoms with Gasteiger partial charge in [-0.1, -0.05) is 19.9 Å². The third-order valence-corrected chi connectivity index (χ3v) is 5.85. The first kappa shape index (κ1) is 35.8. The van der Waals surface area contributed by atoms with Crippen LogP contribution in [0.15, 0.2) is 18.2 Å². The molecule has 1 unspecified atom stereocenters. The summed E-state index contributed by atoms with van der Waals surface area (Å²) in [5.41, 5.74) is 0.912. The van der Waals surface area contributed by atoms with Crippen molar-refractivity contribution in [3.63, 3.8) is 0 Å².